The number of carbonyl (C=O) groups is 2. The first-order valence-electron chi connectivity index (χ1n) is 12.2. The lowest BCUT2D eigenvalue weighted by molar-refractivity contribution is -0.121. The summed E-state index contributed by atoms with van der Waals surface area (Å²) in [7, 11) is 3.47. The highest BCUT2D eigenvalue weighted by Gasteiger charge is 2.29. The highest BCUT2D eigenvalue weighted by Crippen LogP contribution is 2.26. The Labute approximate surface area is 216 Å². The summed E-state index contributed by atoms with van der Waals surface area (Å²) in [4.78, 5) is 36.7. The van der Waals surface area contributed by atoms with Gasteiger partial charge in [-0.2, -0.15) is 0 Å². The van der Waals surface area contributed by atoms with Gasteiger partial charge in [-0.15, -0.1) is 0 Å². The monoisotopic (exact) mass is 503 g/mol. The van der Waals surface area contributed by atoms with Crippen molar-refractivity contribution in [1.82, 2.24) is 20.5 Å². The first-order valence-corrected chi connectivity index (χ1v) is 12.2. The first-order chi connectivity index (χ1) is 17.6. The van der Waals surface area contributed by atoms with Gasteiger partial charge >= 0.3 is 6.09 Å². The molecule has 2 heterocycles. The second-order valence-corrected chi connectivity index (χ2v) is 10.1. The van der Waals surface area contributed by atoms with Crippen molar-refractivity contribution in [2.75, 3.05) is 20.7 Å². The van der Waals surface area contributed by atoms with Crippen LogP contribution in [-0.2, 0) is 16.0 Å². The zero-order chi connectivity index (χ0) is 26.6. The predicted octanol–water partition coefficient (Wildman–Crippen LogP) is 3.84. The SMILES string of the molecule is COc1ccc(C[C@H](NC(=O)OC(C)(C)C)C(=O)NC2=NC(c3ccc4cnccc4c3)CN2C)cc1. The average molecular weight is 504 g/mol. The summed E-state index contributed by atoms with van der Waals surface area (Å²) in [6, 6.07) is 14.5. The number of pyridine rings is 1. The maximum atomic E-state index is 13.4. The van der Waals surface area contributed by atoms with Crippen molar-refractivity contribution in [3.63, 3.8) is 0 Å². The van der Waals surface area contributed by atoms with E-state index >= 15 is 0 Å². The van der Waals surface area contributed by atoms with E-state index < -0.39 is 17.7 Å². The third-order valence-corrected chi connectivity index (χ3v) is 5.98. The van der Waals surface area contributed by atoms with Crippen molar-refractivity contribution in [2.24, 2.45) is 4.99 Å². The van der Waals surface area contributed by atoms with E-state index in [1.807, 2.05) is 60.6 Å². The maximum absolute atomic E-state index is 13.4. The molecular weight excluding hydrogens is 470 g/mol. The Hall–Kier alpha value is -4.14. The summed E-state index contributed by atoms with van der Waals surface area (Å²) in [5, 5.41) is 7.77. The predicted molar refractivity (Wildman–Crippen MR) is 143 cm³/mol. The van der Waals surface area contributed by atoms with Gasteiger partial charge in [0.05, 0.1) is 13.2 Å². The summed E-state index contributed by atoms with van der Waals surface area (Å²) in [6.45, 7) is 5.94. The van der Waals surface area contributed by atoms with Crippen LogP contribution in [-0.4, -0.2) is 60.2 Å². The molecule has 37 heavy (non-hydrogen) atoms. The molecule has 9 heteroatoms. The van der Waals surface area contributed by atoms with Crippen molar-refractivity contribution < 1.29 is 19.1 Å². The number of hydrogen-bond acceptors (Lipinski definition) is 7. The fourth-order valence-corrected chi connectivity index (χ4v) is 4.10. The molecule has 2 N–H and O–H groups in total. The van der Waals surface area contributed by atoms with Crippen molar-refractivity contribution >= 4 is 28.7 Å². The van der Waals surface area contributed by atoms with Crippen molar-refractivity contribution in [3.8, 4) is 5.75 Å². The number of hydrogen-bond donors (Lipinski definition) is 2. The molecule has 0 saturated heterocycles. The lowest BCUT2D eigenvalue weighted by Crippen LogP contribution is -2.52. The molecule has 2 atom stereocenters. The smallest absolute Gasteiger partial charge is 0.408 e. The van der Waals surface area contributed by atoms with Gasteiger partial charge in [0.1, 0.15) is 17.4 Å². The fraction of sp³-hybridized carbons (Fsp3) is 0.357. The minimum atomic E-state index is -0.869. The maximum Gasteiger partial charge on any atom is 0.408 e. The van der Waals surface area contributed by atoms with Crippen LogP contribution in [0.15, 0.2) is 65.9 Å². The lowest BCUT2D eigenvalue weighted by atomic mass is 10.0. The molecule has 0 saturated carbocycles. The second-order valence-electron chi connectivity index (χ2n) is 10.1. The number of likely N-dealkylation sites (N-methyl/N-ethyl adjacent to an activating group) is 1. The number of benzene rings is 2. The van der Waals surface area contributed by atoms with Gasteiger partial charge in [-0.05, 0) is 61.5 Å². The zero-order valence-electron chi connectivity index (χ0n) is 21.8. The minimum Gasteiger partial charge on any atom is -0.497 e. The number of nitrogens with one attached hydrogen (secondary N) is 2. The third kappa shape index (κ3) is 6.75. The Morgan fingerprint density at radius 1 is 1.11 bits per heavy atom. The zero-order valence-corrected chi connectivity index (χ0v) is 21.8. The van der Waals surface area contributed by atoms with E-state index in [-0.39, 0.29) is 18.4 Å². The number of carbonyl (C=O) groups excluding carboxylic acids is 2. The second kappa shape index (κ2) is 10.9. The van der Waals surface area contributed by atoms with Gasteiger partial charge in [-0.25, -0.2) is 9.79 Å². The molecule has 1 unspecified atom stereocenters. The molecule has 1 aromatic heterocycles. The summed E-state index contributed by atoms with van der Waals surface area (Å²) in [5.41, 5.74) is 1.23. The molecule has 1 aliphatic heterocycles. The number of fused-ring (bicyclic) bond motifs is 1. The molecule has 3 aromatic rings. The van der Waals surface area contributed by atoms with Crippen LogP contribution in [0.3, 0.4) is 0 Å². The number of rotatable bonds is 6. The van der Waals surface area contributed by atoms with Crippen LogP contribution in [0.2, 0.25) is 0 Å². The summed E-state index contributed by atoms with van der Waals surface area (Å²) in [6.07, 6.45) is 3.21. The van der Waals surface area contributed by atoms with E-state index in [9.17, 15) is 9.59 Å². The Balaban J connectivity index is 1.51. The average Bonchev–Trinajstić information content (AvgIpc) is 3.22. The number of amides is 2. The molecule has 4 rings (SSSR count). The number of ether oxygens (including phenoxy) is 2. The Kier molecular flexibility index (Phi) is 7.61. The standard InChI is InChI=1S/C28H33N5O4/c1-28(2,3)37-27(35)31-23(14-18-6-10-22(36-5)11-7-18)25(34)32-26-30-24(17-33(26)4)20-8-9-21-16-29-13-12-19(21)15-20/h6-13,15-16,23-24H,14,17H2,1-5H3,(H,31,35)(H,30,32,34)/t23-,24?/m0/s1. The molecule has 0 spiro atoms. The van der Waals surface area contributed by atoms with Gasteiger partial charge in [0.2, 0.25) is 11.9 Å². The van der Waals surface area contributed by atoms with Crippen LogP contribution in [0.4, 0.5) is 4.79 Å². The molecule has 2 amide bonds. The van der Waals surface area contributed by atoms with Gasteiger partial charge in [0.15, 0.2) is 0 Å². The Bertz CT molecular complexity index is 1300. The Morgan fingerprint density at radius 3 is 2.57 bits per heavy atom. The minimum absolute atomic E-state index is 0.128. The van der Waals surface area contributed by atoms with E-state index in [0.29, 0.717) is 18.3 Å². The molecule has 0 fully saturated rings. The summed E-state index contributed by atoms with van der Waals surface area (Å²) < 4.78 is 10.6. The molecular formula is C28H33N5O4. The highest BCUT2D eigenvalue weighted by molar-refractivity contribution is 6.01. The fourth-order valence-electron chi connectivity index (χ4n) is 4.10. The number of guanidine groups is 1. The van der Waals surface area contributed by atoms with Crippen LogP contribution in [0.5, 0.6) is 5.75 Å². The van der Waals surface area contributed by atoms with Crippen LogP contribution in [0.1, 0.15) is 37.9 Å². The van der Waals surface area contributed by atoms with Crippen molar-refractivity contribution in [3.05, 3.63) is 72.1 Å². The summed E-state index contributed by atoms with van der Waals surface area (Å²) in [5.74, 6) is 0.788. The molecule has 0 radical (unpaired) electrons. The normalized spacial score (nSPS) is 16.2. The quantitative estimate of drug-likeness (QED) is 0.530. The van der Waals surface area contributed by atoms with Crippen LogP contribution >= 0.6 is 0 Å². The molecule has 2 aromatic carbocycles. The highest BCUT2D eigenvalue weighted by atomic mass is 16.6. The van der Waals surface area contributed by atoms with Crippen LogP contribution in [0.25, 0.3) is 10.8 Å². The lowest BCUT2D eigenvalue weighted by Gasteiger charge is -2.24. The molecule has 9 nitrogen and oxygen atoms in total. The number of nitrogens with zero attached hydrogens (tertiary/aromatic N) is 3. The number of alkyl carbamates (subject to hydrolysis) is 1. The largest absolute Gasteiger partial charge is 0.497 e. The van der Waals surface area contributed by atoms with Gasteiger partial charge in [-0.3, -0.25) is 15.1 Å². The van der Waals surface area contributed by atoms with E-state index in [2.05, 4.69) is 21.7 Å². The van der Waals surface area contributed by atoms with E-state index in [1.54, 1.807) is 34.1 Å². The Morgan fingerprint density at radius 2 is 1.86 bits per heavy atom. The molecule has 194 valence electrons. The van der Waals surface area contributed by atoms with E-state index in [1.165, 1.54) is 0 Å². The topological polar surface area (TPSA) is 105 Å². The van der Waals surface area contributed by atoms with Gasteiger partial charge < -0.3 is 19.7 Å². The first kappa shape index (κ1) is 25.9. The van der Waals surface area contributed by atoms with Crippen molar-refractivity contribution in [1.29, 1.82) is 0 Å². The number of aliphatic imine (C=N–C) groups is 1. The number of aromatic nitrogens is 1. The van der Waals surface area contributed by atoms with E-state index in [0.717, 1.165) is 21.9 Å². The van der Waals surface area contributed by atoms with Crippen LogP contribution in [0, 0.1) is 0 Å². The third-order valence-electron chi connectivity index (χ3n) is 5.98. The summed E-state index contributed by atoms with van der Waals surface area (Å²) >= 11 is 0. The van der Waals surface area contributed by atoms with Crippen LogP contribution < -0.4 is 15.4 Å². The number of methoxy groups -OCH3 is 1. The van der Waals surface area contributed by atoms with E-state index in [4.69, 9.17) is 14.5 Å². The molecule has 0 aliphatic carbocycles. The molecule has 1 aliphatic rings. The van der Waals surface area contributed by atoms with Crippen molar-refractivity contribution in [2.45, 2.75) is 44.9 Å². The van der Waals surface area contributed by atoms with Gasteiger partial charge in [0, 0.05) is 37.8 Å². The molecule has 0 bridgehead atoms. The van der Waals surface area contributed by atoms with Gasteiger partial charge in [-0.1, -0.05) is 24.3 Å². The van der Waals surface area contributed by atoms with Gasteiger partial charge in [0.25, 0.3) is 0 Å².